The average molecular weight is 174 g/mol. The molecule has 0 radical (unpaired) electrons. The summed E-state index contributed by atoms with van der Waals surface area (Å²) in [6.07, 6.45) is 0.119. The second-order valence-corrected chi connectivity index (χ2v) is 4.20. The van der Waals surface area contributed by atoms with Crippen molar-refractivity contribution in [3.8, 4) is 0 Å². The third kappa shape index (κ3) is 6.16. The van der Waals surface area contributed by atoms with Crippen molar-refractivity contribution in [3.63, 3.8) is 0 Å². The average Bonchev–Trinajstić information content (AvgIpc) is 1.82. The van der Waals surface area contributed by atoms with Crippen molar-refractivity contribution in [3.05, 3.63) is 0 Å². The number of aliphatic hydroxyl groups is 1. The summed E-state index contributed by atoms with van der Waals surface area (Å²) in [6.45, 7) is 6.06. The predicted molar refractivity (Wildman–Crippen MR) is 46.7 cm³/mol. The molecule has 0 fully saturated rings. The number of esters is 1. The summed E-state index contributed by atoms with van der Waals surface area (Å²) < 4.78 is 4.44. The molecule has 0 saturated carbocycles. The second kappa shape index (κ2) is 4.45. The lowest BCUT2D eigenvalue weighted by molar-refractivity contribution is -0.143. The van der Waals surface area contributed by atoms with Crippen LogP contribution in [-0.4, -0.2) is 24.3 Å². The van der Waals surface area contributed by atoms with Gasteiger partial charge in [-0.05, 0) is 11.8 Å². The highest BCUT2D eigenvalue weighted by molar-refractivity contribution is 5.69. The monoisotopic (exact) mass is 174 g/mol. The molecule has 1 N–H and O–H groups in total. The molecule has 72 valence electrons. The highest BCUT2D eigenvalue weighted by Crippen LogP contribution is 2.21. The fourth-order valence-corrected chi connectivity index (χ4v) is 1.05. The Kier molecular flexibility index (Phi) is 4.24. The van der Waals surface area contributed by atoms with E-state index in [9.17, 15) is 9.90 Å². The van der Waals surface area contributed by atoms with E-state index in [4.69, 9.17) is 0 Å². The minimum Gasteiger partial charge on any atom is -0.469 e. The van der Waals surface area contributed by atoms with Crippen molar-refractivity contribution < 1.29 is 14.6 Å². The number of aliphatic hydroxyl groups excluding tert-OH is 1. The van der Waals surface area contributed by atoms with Crippen LogP contribution in [0.1, 0.15) is 33.6 Å². The van der Waals surface area contributed by atoms with Gasteiger partial charge in [0.15, 0.2) is 0 Å². The normalized spacial score (nSPS) is 14.1. The Morgan fingerprint density at radius 3 is 2.33 bits per heavy atom. The first kappa shape index (κ1) is 11.4. The Bertz CT molecular complexity index is 146. The van der Waals surface area contributed by atoms with Crippen molar-refractivity contribution in [2.75, 3.05) is 7.11 Å². The zero-order chi connectivity index (χ0) is 9.78. The van der Waals surface area contributed by atoms with Gasteiger partial charge in [0.2, 0.25) is 0 Å². The predicted octanol–water partition coefficient (Wildman–Crippen LogP) is 1.35. The fourth-order valence-electron chi connectivity index (χ4n) is 1.05. The van der Waals surface area contributed by atoms with Crippen molar-refractivity contribution in [1.82, 2.24) is 0 Å². The zero-order valence-electron chi connectivity index (χ0n) is 8.26. The van der Waals surface area contributed by atoms with Gasteiger partial charge in [-0.3, -0.25) is 4.79 Å². The first-order chi connectivity index (χ1) is 5.35. The largest absolute Gasteiger partial charge is 0.469 e. The van der Waals surface area contributed by atoms with Crippen LogP contribution in [0.5, 0.6) is 0 Å². The molecular weight excluding hydrogens is 156 g/mol. The van der Waals surface area contributed by atoms with Crippen LogP contribution in [0, 0.1) is 5.41 Å². The summed E-state index contributed by atoms with van der Waals surface area (Å²) in [7, 11) is 1.33. The molecule has 0 aromatic heterocycles. The third-order valence-corrected chi connectivity index (χ3v) is 1.48. The third-order valence-electron chi connectivity index (χ3n) is 1.48. The minimum absolute atomic E-state index is 0.0490. The summed E-state index contributed by atoms with van der Waals surface area (Å²) >= 11 is 0. The number of carbonyl (C=O) groups is 1. The van der Waals surface area contributed by atoms with E-state index >= 15 is 0 Å². The van der Waals surface area contributed by atoms with E-state index < -0.39 is 6.10 Å². The topological polar surface area (TPSA) is 46.5 Å². The van der Waals surface area contributed by atoms with Gasteiger partial charge in [-0.2, -0.15) is 0 Å². The molecule has 0 saturated heterocycles. The SMILES string of the molecule is COC(=O)C[C@H](O)CC(C)(C)C. The number of ether oxygens (including phenoxy) is 1. The van der Waals surface area contributed by atoms with Gasteiger partial charge in [0.05, 0.1) is 19.6 Å². The molecule has 1 atom stereocenters. The zero-order valence-corrected chi connectivity index (χ0v) is 8.26. The van der Waals surface area contributed by atoms with E-state index in [2.05, 4.69) is 4.74 Å². The van der Waals surface area contributed by atoms with Crippen LogP contribution in [0.2, 0.25) is 0 Å². The van der Waals surface area contributed by atoms with Gasteiger partial charge in [0.25, 0.3) is 0 Å². The van der Waals surface area contributed by atoms with Crippen LogP contribution < -0.4 is 0 Å². The van der Waals surface area contributed by atoms with E-state index in [1.165, 1.54) is 7.11 Å². The first-order valence-electron chi connectivity index (χ1n) is 4.10. The van der Waals surface area contributed by atoms with Gasteiger partial charge in [-0.1, -0.05) is 20.8 Å². The number of rotatable bonds is 3. The molecule has 12 heavy (non-hydrogen) atoms. The quantitative estimate of drug-likeness (QED) is 0.657. The van der Waals surface area contributed by atoms with Crippen LogP contribution in [0.3, 0.4) is 0 Å². The number of hydrogen-bond donors (Lipinski definition) is 1. The summed E-state index contributed by atoms with van der Waals surface area (Å²) in [5, 5.41) is 9.39. The Morgan fingerprint density at radius 2 is 2.00 bits per heavy atom. The molecule has 0 unspecified atom stereocenters. The van der Waals surface area contributed by atoms with Gasteiger partial charge < -0.3 is 9.84 Å². The van der Waals surface area contributed by atoms with Gasteiger partial charge in [0.1, 0.15) is 0 Å². The summed E-state index contributed by atoms with van der Waals surface area (Å²) in [4.78, 5) is 10.7. The standard InChI is InChI=1S/C9H18O3/c1-9(2,3)6-7(10)5-8(11)12-4/h7,10H,5-6H2,1-4H3/t7-/m0/s1. The van der Waals surface area contributed by atoms with Gasteiger partial charge in [-0.25, -0.2) is 0 Å². The molecular formula is C9H18O3. The maximum absolute atomic E-state index is 10.7. The smallest absolute Gasteiger partial charge is 0.308 e. The number of carbonyl (C=O) groups excluding carboxylic acids is 1. The Labute approximate surface area is 73.7 Å². The highest BCUT2D eigenvalue weighted by Gasteiger charge is 2.19. The van der Waals surface area contributed by atoms with E-state index in [1.807, 2.05) is 20.8 Å². The van der Waals surface area contributed by atoms with Crippen LogP contribution >= 0.6 is 0 Å². The lowest BCUT2D eigenvalue weighted by Crippen LogP contribution is -2.21. The molecule has 0 rings (SSSR count). The van der Waals surface area contributed by atoms with E-state index in [0.29, 0.717) is 6.42 Å². The molecule has 0 bridgehead atoms. The lowest BCUT2D eigenvalue weighted by Gasteiger charge is -2.21. The van der Waals surface area contributed by atoms with Crippen LogP contribution in [0.4, 0.5) is 0 Å². The molecule has 0 aliphatic carbocycles. The first-order valence-corrected chi connectivity index (χ1v) is 4.10. The molecule has 0 spiro atoms. The molecule has 0 heterocycles. The maximum Gasteiger partial charge on any atom is 0.308 e. The summed E-state index contributed by atoms with van der Waals surface area (Å²) in [5.41, 5.74) is 0.0490. The molecule has 0 aliphatic heterocycles. The van der Waals surface area contributed by atoms with E-state index in [-0.39, 0.29) is 17.8 Å². The van der Waals surface area contributed by atoms with Crippen LogP contribution in [0.25, 0.3) is 0 Å². The van der Waals surface area contributed by atoms with Gasteiger partial charge in [0, 0.05) is 0 Å². The van der Waals surface area contributed by atoms with E-state index in [1.54, 1.807) is 0 Å². The molecule has 0 aromatic rings. The molecule has 3 nitrogen and oxygen atoms in total. The Hall–Kier alpha value is -0.570. The number of methoxy groups -OCH3 is 1. The Morgan fingerprint density at radius 1 is 1.50 bits per heavy atom. The molecule has 0 aromatic carbocycles. The van der Waals surface area contributed by atoms with Crippen molar-refractivity contribution in [2.24, 2.45) is 5.41 Å². The molecule has 3 heteroatoms. The van der Waals surface area contributed by atoms with Crippen molar-refractivity contribution in [1.29, 1.82) is 0 Å². The minimum atomic E-state index is -0.586. The summed E-state index contributed by atoms with van der Waals surface area (Å²) in [5.74, 6) is -0.355. The fraction of sp³-hybridized carbons (Fsp3) is 0.889. The van der Waals surface area contributed by atoms with Crippen molar-refractivity contribution >= 4 is 5.97 Å². The Balaban J connectivity index is 3.74. The van der Waals surface area contributed by atoms with Crippen LogP contribution in [0.15, 0.2) is 0 Å². The molecule has 0 amide bonds. The maximum atomic E-state index is 10.7. The van der Waals surface area contributed by atoms with Crippen LogP contribution in [-0.2, 0) is 9.53 Å². The molecule has 0 aliphatic rings. The van der Waals surface area contributed by atoms with Crippen molar-refractivity contribution in [2.45, 2.75) is 39.7 Å². The second-order valence-electron chi connectivity index (χ2n) is 4.20. The lowest BCUT2D eigenvalue weighted by atomic mass is 9.88. The van der Waals surface area contributed by atoms with Gasteiger partial charge in [-0.15, -0.1) is 0 Å². The highest BCUT2D eigenvalue weighted by atomic mass is 16.5. The summed E-state index contributed by atoms with van der Waals surface area (Å²) in [6, 6.07) is 0. The number of hydrogen-bond acceptors (Lipinski definition) is 3. The van der Waals surface area contributed by atoms with Gasteiger partial charge >= 0.3 is 5.97 Å². The van der Waals surface area contributed by atoms with E-state index in [0.717, 1.165) is 0 Å².